The predicted octanol–water partition coefficient (Wildman–Crippen LogP) is 1.43. The van der Waals surface area contributed by atoms with Crippen LogP contribution in [0.1, 0.15) is 28.8 Å². The van der Waals surface area contributed by atoms with Gasteiger partial charge in [0.2, 0.25) is 5.91 Å². The molecule has 5 amide bonds. The van der Waals surface area contributed by atoms with Gasteiger partial charge in [0.25, 0.3) is 11.8 Å². The zero-order valence-corrected chi connectivity index (χ0v) is 18.7. The molecule has 1 unspecified atom stereocenters. The Hall–Kier alpha value is -4.25. The van der Waals surface area contributed by atoms with Crippen molar-refractivity contribution in [1.29, 1.82) is 0 Å². The molecule has 0 radical (unpaired) electrons. The van der Waals surface area contributed by atoms with Crippen LogP contribution in [0.4, 0.5) is 16.2 Å². The van der Waals surface area contributed by atoms with Crippen LogP contribution in [0.3, 0.4) is 0 Å². The fraction of sp³-hybridized carbons (Fsp3) is 0.292. The molecule has 3 aliphatic heterocycles. The molecule has 11 nitrogen and oxygen atoms in total. The second-order valence-electron chi connectivity index (χ2n) is 8.79. The minimum atomic E-state index is -0.804. The molecule has 0 bridgehead atoms. The molecular formula is C24H22N6O5. The molecule has 11 heteroatoms. The van der Waals surface area contributed by atoms with Crippen LogP contribution >= 0.6 is 0 Å². The van der Waals surface area contributed by atoms with Gasteiger partial charge in [-0.25, -0.2) is 9.78 Å². The highest BCUT2D eigenvalue weighted by Crippen LogP contribution is 2.34. The number of carbonyl (C=O) groups is 4. The Morgan fingerprint density at radius 3 is 2.71 bits per heavy atom. The number of likely N-dealkylation sites (tertiary alicyclic amines) is 1. The van der Waals surface area contributed by atoms with Crippen molar-refractivity contribution in [3.05, 3.63) is 53.9 Å². The highest BCUT2D eigenvalue weighted by molar-refractivity contribution is 6.10. The number of carbonyl (C=O) groups excluding carboxylic acids is 4. The first-order chi connectivity index (χ1) is 17.0. The summed E-state index contributed by atoms with van der Waals surface area (Å²) in [5.74, 6) is -1.30. The van der Waals surface area contributed by atoms with E-state index in [0.29, 0.717) is 24.3 Å². The van der Waals surface area contributed by atoms with E-state index in [1.165, 1.54) is 4.90 Å². The number of rotatable bonds is 4. The van der Waals surface area contributed by atoms with Gasteiger partial charge < -0.3 is 15.0 Å². The molecule has 0 spiro atoms. The molecule has 0 aliphatic carbocycles. The number of nitrogens with zero attached hydrogens (tertiary/aromatic N) is 5. The number of aromatic amines is 1. The fourth-order valence-electron chi connectivity index (χ4n) is 5.18. The van der Waals surface area contributed by atoms with E-state index in [-0.39, 0.29) is 31.3 Å². The van der Waals surface area contributed by atoms with E-state index < -0.39 is 24.6 Å². The van der Waals surface area contributed by atoms with E-state index >= 15 is 0 Å². The van der Waals surface area contributed by atoms with Crippen LogP contribution in [0.2, 0.25) is 0 Å². The number of imidazole rings is 1. The number of hydrogen-bond donors (Lipinski definition) is 2. The van der Waals surface area contributed by atoms with Gasteiger partial charge in [-0.3, -0.25) is 29.1 Å². The molecule has 0 saturated carbocycles. The number of H-pyrrole nitrogens is 1. The smallest absolute Gasteiger partial charge is 0.329 e. The number of amides is 5. The summed E-state index contributed by atoms with van der Waals surface area (Å²) in [7, 11) is 0. The first-order valence-corrected chi connectivity index (χ1v) is 11.4. The number of fused-ring (bicyclic) bond motifs is 2. The molecule has 178 valence electrons. The van der Waals surface area contributed by atoms with Crippen molar-refractivity contribution in [2.75, 3.05) is 29.6 Å². The van der Waals surface area contributed by atoms with Crippen molar-refractivity contribution in [2.24, 2.45) is 0 Å². The monoisotopic (exact) mass is 474 g/mol. The average molecular weight is 474 g/mol. The van der Waals surface area contributed by atoms with Crippen LogP contribution in [-0.4, -0.2) is 74.5 Å². The van der Waals surface area contributed by atoms with Gasteiger partial charge in [0.1, 0.15) is 12.8 Å². The van der Waals surface area contributed by atoms with E-state index in [0.717, 1.165) is 27.2 Å². The molecule has 2 N–H and O–H groups in total. The Kier molecular flexibility index (Phi) is 4.81. The third kappa shape index (κ3) is 3.19. The van der Waals surface area contributed by atoms with Crippen molar-refractivity contribution < 1.29 is 24.3 Å². The van der Waals surface area contributed by atoms with Crippen LogP contribution < -0.4 is 9.80 Å². The van der Waals surface area contributed by atoms with Crippen LogP contribution in [0.15, 0.2) is 42.7 Å². The number of hydrogen-bond acceptors (Lipinski definition) is 6. The first kappa shape index (κ1) is 21.3. The predicted molar refractivity (Wildman–Crippen MR) is 124 cm³/mol. The Morgan fingerprint density at radius 2 is 1.89 bits per heavy atom. The third-order valence-corrected chi connectivity index (χ3v) is 6.97. The molecule has 4 heterocycles. The Bertz CT molecular complexity index is 1400. The van der Waals surface area contributed by atoms with E-state index in [4.69, 9.17) is 0 Å². The molecule has 2 fully saturated rings. The third-order valence-electron chi connectivity index (χ3n) is 6.97. The number of para-hydroxylation sites is 1. The number of aliphatic hydroxyl groups excluding tert-OH is 1. The van der Waals surface area contributed by atoms with E-state index in [1.807, 2.05) is 24.3 Å². The number of aliphatic hydroxyl groups is 1. The second kappa shape index (κ2) is 7.91. The summed E-state index contributed by atoms with van der Waals surface area (Å²) < 4.78 is 0. The van der Waals surface area contributed by atoms with Crippen molar-refractivity contribution in [1.82, 2.24) is 19.8 Å². The molecule has 6 rings (SSSR count). The van der Waals surface area contributed by atoms with Gasteiger partial charge in [-0.05, 0) is 42.3 Å². The van der Waals surface area contributed by atoms with Crippen LogP contribution in [0.25, 0.3) is 11.0 Å². The number of imide groups is 1. The minimum Gasteiger partial charge on any atom is -0.376 e. The number of benzene rings is 2. The fourth-order valence-corrected chi connectivity index (χ4v) is 5.18. The van der Waals surface area contributed by atoms with Gasteiger partial charge in [0, 0.05) is 37.3 Å². The van der Waals surface area contributed by atoms with Crippen LogP contribution in [0, 0.1) is 0 Å². The molecular weight excluding hydrogens is 452 g/mol. The van der Waals surface area contributed by atoms with Gasteiger partial charge in [-0.2, -0.15) is 0 Å². The Morgan fingerprint density at radius 1 is 1.06 bits per heavy atom. The highest BCUT2D eigenvalue weighted by Gasteiger charge is 2.43. The SMILES string of the molecule is O=C1CCC(N2Cc3cc(N4CCN(c5cccc6nc[nH]c56)C4=O)ccc3C2=O)C(=O)N1CO. The van der Waals surface area contributed by atoms with Crippen molar-refractivity contribution >= 4 is 46.2 Å². The molecule has 35 heavy (non-hydrogen) atoms. The highest BCUT2D eigenvalue weighted by atomic mass is 16.3. The average Bonchev–Trinajstić information content (AvgIpc) is 3.57. The Balaban J connectivity index is 1.24. The summed E-state index contributed by atoms with van der Waals surface area (Å²) in [4.78, 5) is 63.9. The zero-order valence-electron chi connectivity index (χ0n) is 18.7. The van der Waals surface area contributed by atoms with Gasteiger partial charge >= 0.3 is 6.03 Å². The van der Waals surface area contributed by atoms with Crippen molar-refractivity contribution in [3.8, 4) is 0 Å². The summed E-state index contributed by atoms with van der Waals surface area (Å²) in [6.07, 6.45) is 1.91. The van der Waals surface area contributed by atoms with E-state index in [1.54, 1.807) is 28.3 Å². The molecule has 2 saturated heterocycles. The standard InChI is InChI=1S/C24H22N6O5/c31-13-30-20(32)7-6-19(23(30)34)29-11-14-10-15(4-5-16(14)22(29)33)27-8-9-28(24(27)35)18-3-1-2-17-21(18)26-12-25-17/h1-5,10,12,19,31H,6-9,11,13H2,(H,25,26). The Labute approximate surface area is 199 Å². The maximum Gasteiger partial charge on any atom is 0.329 e. The molecule has 1 atom stereocenters. The summed E-state index contributed by atoms with van der Waals surface area (Å²) in [5.41, 5.74) is 4.20. The van der Waals surface area contributed by atoms with E-state index in [2.05, 4.69) is 9.97 Å². The van der Waals surface area contributed by atoms with Crippen LogP contribution in [-0.2, 0) is 16.1 Å². The molecule has 3 aliphatic rings. The van der Waals surface area contributed by atoms with E-state index in [9.17, 15) is 24.3 Å². The maximum atomic E-state index is 13.3. The summed E-state index contributed by atoms with van der Waals surface area (Å²) in [5, 5.41) is 9.40. The maximum absolute atomic E-state index is 13.3. The van der Waals surface area contributed by atoms with Gasteiger partial charge in [-0.15, -0.1) is 0 Å². The van der Waals surface area contributed by atoms with Crippen LogP contribution in [0.5, 0.6) is 0 Å². The van der Waals surface area contributed by atoms with Gasteiger partial charge in [0.05, 0.1) is 23.0 Å². The lowest BCUT2D eigenvalue weighted by Gasteiger charge is -2.34. The lowest BCUT2D eigenvalue weighted by Crippen LogP contribution is -2.54. The topological polar surface area (TPSA) is 130 Å². The second-order valence-corrected chi connectivity index (χ2v) is 8.79. The summed E-state index contributed by atoms with van der Waals surface area (Å²) >= 11 is 0. The summed E-state index contributed by atoms with van der Waals surface area (Å²) in [6, 6.07) is 9.88. The molecule has 2 aromatic carbocycles. The number of nitrogens with one attached hydrogen (secondary N) is 1. The lowest BCUT2D eigenvalue weighted by molar-refractivity contribution is -0.156. The molecule has 3 aromatic rings. The number of aromatic nitrogens is 2. The van der Waals surface area contributed by atoms with Gasteiger partial charge in [0.15, 0.2) is 0 Å². The lowest BCUT2D eigenvalue weighted by atomic mass is 10.0. The largest absolute Gasteiger partial charge is 0.376 e. The number of anilines is 2. The van der Waals surface area contributed by atoms with Crippen molar-refractivity contribution in [3.63, 3.8) is 0 Å². The first-order valence-electron chi connectivity index (χ1n) is 11.4. The zero-order chi connectivity index (χ0) is 24.3. The normalized spacial score (nSPS) is 20.5. The van der Waals surface area contributed by atoms with Crippen molar-refractivity contribution in [2.45, 2.75) is 25.4 Å². The number of urea groups is 1. The van der Waals surface area contributed by atoms with Gasteiger partial charge in [-0.1, -0.05) is 6.07 Å². The quantitative estimate of drug-likeness (QED) is 0.551. The number of piperidine rings is 1. The molecule has 1 aromatic heterocycles. The summed E-state index contributed by atoms with van der Waals surface area (Å²) in [6.45, 7) is 0.480. The minimum absolute atomic E-state index is 0.0868.